The third-order valence-electron chi connectivity index (χ3n) is 1.82. The number of aliphatic hydroxyl groups excluding tert-OH is 2. The molecule has 0 aliphatic heterocycles. The first-order chi connectivity index (χ1) is 6.16. The first kappa shape index (κ1) is 9.71. The lowest BCUT2D eigenvalue weighted by Crippen LogP contribution is -2.19. The average Bonchev–Trinajstić information content (AvgIpc) is 2.50. The summed E-state index contributed by atoms with van der Waals surface area (Å²) in [6.07, 6.45) is 0.794. The monoisotopic (exact) mass is 181 g/mol. The van der Waals surface area contributed by atoms with Crippen molar-refractivity contribution >= 4 is 0 Å². The molecule has 70 valence electrons. The van der Waals surface area contributed by atoms with Gasteiger partial charge in [0.25, 0.3) is 0 Å². The van der Waals surface area contributed by atoms with E-state index in [9.17, 15) is 10.2 Å². The van der Waals surface area contributed by atoms with Crippen molar-refractivity contribution in [2.24, 2.45) is 7.05 Å². The fourth-order valence-electron chi connectivity index (χ4n) is 1.05. The van der Waals surface area contributed by atoms with Crippen LogP contribution in [-0.2, 0) is 7.05 Å². The van der Waals surface area contributed by atoms with Gasteiger partial charge in [-0.05, 0) is 0 Å². The van der Waals surface area contributed by atoms with Crippen LogP contribution in [0.1, 0.15) is 18.2 Å². The van der Waals surface area contributed by atoms with Crippen LogP contribution < -0.4 is 0 Å². The second-order valence-corrected chi connectivity index (χ2v) is 2.80. The molecule has 5 heteroatoms. The van der Waals surface area contributed by atoms with Crippen LogP contribution in [0, 0.1) is 11.3 Å². The molecular formula is C8H11N3O2. The van der Waals surface area contributed by atoms with Crippen molar-refractivity contribution < 1.29 is 10.2 Å². The molecule has 2 atom stereocenters. The third-order valence-corrected chi connectivity index (χ3v) is 1.82. The zero-order chi connectivity index (χ0) is 9.84. The highest BCUT2D eigenvalue weighted by atomic mass is 16.3. The Morgan fingerprint density at radius 3 is 2.85 bits per heavy atom. The Kier molecular flexibility index (Phi) is 3.01. The number of nitriles is 1. The van der Waals surface area contributed by atoms with E-state index in [1.165, 1.54) is 12.5 Å². The highest BCUT2D eigenvalue weighted by Crippen LogP contribution is 2.17. The lowest BCUT2D eigenvalue weighted by Gasteiger charge is -2.14. The van der Waals surface area contributed by atoms with Gasteiger partial charge in [0.15, 0.2) is 0 Å². The second-order valence-electron chi connectivity index (χ2n) is 2.80. The van der Waals surface area contributed by atoms with Crippen LogP contribution in [-0.4, -0.2) is 25.9 Å². The molecule has 1 aromatic heterocycles. The topological polar surface area (TPSA) is 82.1 Å². The molecular weight excluding hydrogens is 170 g/mol. The van der Waals surface area contributed by atoms with Gasteiger partial charge in [0.1, 0.15) is 6.10 Å². The molecule has 0 aliphatic rings. The predicted octanol–water partition coefficient (Wildman–Crippen LogP) is -0.272. The lowest BCUT2D eigenvalue weighted by atomic mass is 10.1. The van der Waals surface area contributed by atoms with Crippen molar-refractivity contribution in [3.63, 3.8) is 0 Å². The molecule has 0 saturated carbocycles. The summed E-state index contributed by atoms with van der Waals surface area (Å²) in [5.74, 6) is 0. The summed E-state index contributed by atoms with van der Waals surface area (Å²) < 4.78 is 1.60. The molecule has 1 rings (SSSR count). The van der Waals surface area contributed by atoms with Gasteiger partial charge in [0, 0.05) is 7.05 Å². The number of hydrogen-bond acceptors (Lipinski definition) is 4. The van der Waals surface area contributed by atoms with Crippen molar-refractivity contribution in [3.8, 4) is 6.07 Å². The van der Waals surface area contributed by atoms with Crippen LogP contribution in [0.25, 0.3) is 0 Å². The maximum Gasteiger partial charge on any atom is 0.122 e. The Balaban J connectivity index is 2.74. The van der Waals surface area contributed by atoms with E-state index in [0.29, 0.717) is 5.69 Å². The van der Waals surface area contributed by atoms with E-state index >= 15 is 0 Å². The number of hydrogen-bond donors (Lipinski definition) is 2. The molecule has 5 nitrogen and oxygen atoms in total. The molecule has 0 amide bonds. The fourth-order valence-corrected chi connectivity index (χ4v) is 1.05. The Hall–Kier alpha value is -1.38. The van der Waals surface area contributed by atoms with Gasteiger partial charge in [0.05, 0.1) is 36.8 Å². The Labute approximate surface area is 75.9 Å². The average molecular weight is 181 g/mol. The Morgan fingerprint density at radius 1 is 1.69 bits per heavy atom. The number of aromatic nitrogens is 2. The number of nitrogens with zero attached hydrogens (tertiary/aromatic N) is 3. The van der Waals surface area contributed by atoms with Gasteiger partial charge >= 0.3 is 0 Å². The van der Waals surface area contributed by atoms with E-state index in [4.69, 9.17) is 5.26 Å². The number of rotatable bonds is 3. The van der Waals surface area contributed by atoms with E-state index in [1.807, 2.05) is 0 Å². The minimum atomic E-state index is -1.06. The third kappa shape index (κ3) is 2.05. The molecule has 0 bridgehead atoms. The molecule has 0 fully saturated rings. The summed E-state index contributed by atoms with van der Waals surface area (Å²) >= 11 is 0. The largest absolute Gasteiger partial charge is 0.389 e. The van der Waals surface area contributed by atoms with Gasteiger partial charge in [-0.25, -0.2) is 4.98 Å². The normalized spacial score (nSPS) is 14.9. The molecule has 2 unspecified atom stereocenters. The van der Waals surface area contributed by atoms with Crippen molar-refractivity contribution in [3.05, 3.63) is 18.2 Å². The molecule has 1 aromatic rings. The van der Waals surface area contributed by atoms with E-state index < -0.39 is 12.2 Å². The standard InChI is InChI=1S/C8H11N3O2/c1-11-5-10-4-6(11)8(13)7(12)2-3-9/h4-5,7-8,12-13H,2H2,1H3. The van der Waals surface area contributed by atoms with Crippen LogP contribution in [0.2, 0.25) is 0 Å². The second kappa shape index (κ2) is 4.03. The first-order valence-corrected chi connectivity index (χ1v) is 3.86. The van der Waals surface area contributed by atoms with Crippen LogP contribution >= 0.6 is 0 Å². The number of imidazole rings is 1. The Morgan fingerprint density at radius 2 is 2.38 bits per heavy atom. The van der Waals surface area contributed by atoms with Gasteiger partial charge in [0.2, 0.25) is 0 Å². The highest BCUT2D eigenvalue weighted by Gasteiger charge is 2.20. The minimum absolute atomic E-state index is 0.0909. The predicted molar refractivity (Wildman–Crippen MR) is 44.4 cm³/mol. The quantitative estimate of drug-likeness (QED) is 0.672. The van der Waals surface area contributed by atoms with E-state index in [0.717, 1.165) is 0 Å². The molecule has 13 heavy (non-hydrogen) atoms. The van der Waals surface area contributed by atoms with Crippen molar-refractivity contribution in [1.29, 1.82) is 5.26 Å². The van der Waals surface area contributed by atoms with Crippen LogP contribution in [0.5, 0.6) is 0 Å². The molecule has 0 saturated heterocycles. The smallest absolute Gasteiger partial charge is 0.122 e. The SMILES string of the molecule is Cn1cncc1C(O)C(O)CC#N. The van der Waals surface area contributed by atoms with Crippen molar-refractivity contribution in [2.45, 2.75) is 18.6 Å². The number of aliphatic hydroxyl groups is 2. The summed E-state index contributed by atoms with van der Waals surface area (Å²) in [6, 6.07) is 1.79. The van der Waals surface area contributed by atoms with Gasteiger partial charge < -0.3 is 14.8 Å². The van der Waals surface area contributed by atoms with Gasteiger partial charge in [-0.15, -0.1) is 0 Å². The summed E-state index contributed by atoms with van der Waals surface area (Å²) in [4.78, 5) is 3.79. The van der Waals surface area contributed by atoms with Crippen molar-refractivity contribution in [2.75, 3.05) is 0 Å². The first-order valence-electron chi connectivity index (χ1n) is 3.86. The van der Waals surface area contributed by atoms with E-state index in [2.05, 4.69) is 4.98 Å². The van der Waals surface area contributed by atoms with Crippen LogP contribution in [0.3, 0.4) is 0 Å². The maximum absolute atomic E-state index is 9.53. The zero-order valence-corrected chi connectivity index (χ0v) is 7.25. The molecule has 0 spiro atoms. The van der Waals surface area contributed by atoms with E-state index in [-0.39, 0.29) is 6.42 Å². The summed E-state index contributed by atoms with van der Waals surface area (Å²) in [5.41, 5.74) is 0.503. The molecule has 0 radical (unpaired) electrons. The minimum Gasteiger partial charge on any atom is -0.389 e. The lowest BCUT2D eigenvalue weighted by molar-refractivity contribution is 0.0173. The molecule has 0 aliphatic carbocycles. The number of aryl methyl sites for hydroxylation is 1. The molecule has 2 N–H and O–H groups in total. The summed E-state index contributed by atoms with van der Waals surface area (Å²) in [6.45, 7) is 0. The van der Waals surface area contributed by atoms with E-state index in [1.54, 1.807) is 17.7 Å². The zero-order valence-electron chi connectivity index (χ0n) is 7.25. The summed E-state index contributed by atoms with van der Waals surface area (Å²) in [7, 11) is 1.71. The fraction of sp³-hybridized carbons (Fsp3) is 0.500. The van der Waals surface area contributed by atoms with Gasteiger partial charge in [-0.2, -0.15) is 5.26 Å². The summed E-state index contributed by atoms with van der Waals surface area (Å²) in [5, 5.41) is 27.1. The molecule has 1 heterocycles. The van der Waals surface area contributed by atoms with Crippen LogP contribution in [0.4, 0.5) is 0 Å². The highest BCUT2D eigenvalue weighted by molar-refractivity contribution is 5.04. The van der Waals surface area contributed by atoms with Gasteiger partial charge in [-0.3, -0.25) is 0 Å². The Bertz CT molecular complexity index is 315. The van der Waals surface area contributed by atoms with Gasteiger partial charge in [-0.1, -0.05) is 0 Å². The maximum atomic E-state index is 9.53. The molecule has 0 aromatic carbocycles. The van der Waals surface area contributed by atoms with Crippen molar-refractivity contribution in [1.82, 2.24) is 9.55 Å². The van der Waals surface area contributed by atoms with Crippen LogP contribution in [0.15, 0.2) is 12.5 Å².